The zero-order valence-electron chi connectivity index (χ0n) is 11.6. The second-order valence-electron chi connectivity index (χ2n) is 4.32. The summed E-state index contributed by atoms with van der Waals surface area (Å²) < 4.78 is 6.44. The number of nitro benzene ring substituents is 1. The molecule has 110 valence electrons. The van der Waals surface area contributed by atoms with Gasteiger partial charge in [0.1, 0.15) is 18.0 Å². The molecule has 0 aliphatic carbocycles. The molecule has 0 atom stereocenters. The molecule has 1 aromatic heterocycles. The number of rotatable bonds is 5. The minimum Gasteiger partial charge on any atom is -0.496 e. The molecule has 0 radical (unpaired) electrons. The SMILES string of the molecule is COc1ccc(NC(=O)Cn2nccc2C)c([N+](=O)[O-])c1. The van der Waals surface area contributed by atoms with Crippen molar-refractivity contribution in [3.05, 3.63) is 46.3 Å². The lowest BCUT2D eigenvalue weighted by Gasteiger charge is -2.08. The van der Waals surface area contributed by atoms with Crippen molar-refractivity contribution in [3.63, 3.8) is 0 Å². The molecular weight excluding hydrogens is 276 g/mol. The van der Waals surface area contributed by atoms with Gasteiger partial charge in [0.2, 0.25) is 5.91 Å². The average Bonchev–Trinajstić information content (AvgIpc) is 2.84. The quantitative estimate of drug-likeness (QED) is 0.668. The van der Waals surface area contributed by atoms with Crippen molar-refractivity contribution in [3.8, 4) is 5.75 Å². The summed E-state index contributed by atoms with van der Waals surface area (Å²) in [6, 6.07) is 6.00. The number of ether oxygens (including phenoxy) is 1. The molecule has 0 unspecified atom stereocenters. The van der Waals surface area contributed by atoms with Crippen molar-refractivity contribution < 1.29 is 14.5 Å². The lowest BCUT2D eigenvalue weighted by Crippen LogP contribution is -2.20. The summed E-state index contributed by atoms with van der Waals surface area (Å²) in [6.07, 6.45) is 1.58. The summed E-state index contributed by atoms with van der Waals surface area (Å²) >= 11 is 0. The molecule has 1 aromatic carbocycles. The lowest BCUT2D eigenvalue weighted by atomic mass is 10.2. The topological polar surface area (TPSA) is 99.3 Å². The van der Waals surface area contributed by atoms with E-state index >= 15 is 0 Å². The molecule has 1 heterocycles. The van der Waals surface area contributed by atoms with Crippen LogP contribution in [0.25, 0.3) is 0 Å². The second-order valence-corrected chi connectivity index (χ2v) is 4.32. The van der Waals surface area contributed by atoms with Crippen molar-refractivity contribution in [2.75, 3.05) is 12.4 Å². The van der Waals surface area contributed by atoms with Crippen LogP contribution in [-0.4, -0.2) is 27.7 Å². The Morgan fingerprint density at radius 1 is 1.48 bits per heavy atom. The zero-order valence-corrected chi connectivity index (χ0v) is 11.6. The van der Waals surface area contributed by atoms with Crippen molar-refractivity contribution in [1.29, 1.82) is 0 Å². The van der Waals surface area contributed by atoms with Gasteiger partial charge in [-0.2, -0.15) is 5.10 Å². The number of hydrogen-bond donors (Lipinski definition) is 1. The van der Waals surface area contributed by atoms with Gasteiger partial charge in [0, 0.05) is 11.9 Å². The highest BCUT2D eigenvalue weighted by molar-refractivity contribution is 5.93. The highest BCUT2D eigenvalue weighted by Crippen LogP contribution is 2.28. The van der Waals surface area contributed by atoms with Crippen LogP contribution in [0.1, 0.15) is 5.69 Å². The fourth-order valence-corrected chi connectivity index (χ4v) is 1.79. The molecule has 0 bridgehead atoms. The standard InChI is InChI=1S/C13H14N4O4/c1-9-5-6-14-16(9)8-13(18)15-11-4-3-10(21-2)7-12(11)17(19)20/h3-7H,8H2,1-2H3,(H,15,18). The maximum Gasteiger partial charge on any atom is 0.296 e. The number of aromatic nitrogens is 2. The summed E-state index contributed by atoms with van der Waals surface area (Å²) in [4.78, 5) is 22.4. The number of amides is 1. The lowest BCUT2D eigenvalue weighted by molar-refractivity contribution is -0.384. The van der Waals surface area contributed by atoms with E-state index in [1.807, 2.05) is 6.92 Å². The normalized spacial score (nSPS) is 10.2. The zero-order chi connectivity index (χ0) is 15.4. The molecule has 8 nitrogen and oxygen atoms in total. The second kappa shape index (κ2) is 6.04. The Labute approximate surface area is 120 Å². The summed E-state index contributed by atoms with van der Waals surface area (Å²) in [6.45, 7) is 1.80. The number of carbonyl (C=O) groups excluding carboxylic acids is 1. The number of nitrogens with zero attached hydrogens (tertiary/aromatic N) is 3. The summed E-state index contributed by atoms with van der Waals surface area (Å²) in [7, 11) is 1.41. The third-order valence-electron chi connectivity index (χ3n) is 2.90. The van der Waals surface area contributed by atoms with E-state index in [-0.39, 0.29) is 17.9 Å². The van der Waals surface area contributed by atoms with E-state index in [9.17, 15) is 14.9 Å². The Balaban J connectivity index is 2.17. The largest absolute Gasteiger partial charge is 0.496 e. The molecule has 0 spiro atoms. The van der Waals surface area contributed by atoms with E-state index in [2.05, 4.69) is 10.4 Å². The Kier molecular flexibility index (Phi) is 4.17. The van der Waals surface area contributed by atoms with E-state index in [0.29, 0.717) is 5.75 Å². The maximum atomic E-state index is 11.9. The first kappa shape index (κ1) is 14.5. The van der Waals surface area contributed by atoms with Gasteiger partial charge >= 0.3 is 0 Å². The molecule has 0 fully saturated rings. The Hall–Kier alpha value is -2.90. The van der Waals surface area contributed by atoms with Crippen LogP contribution in [0.3, 0.4) is 0 Å². The van der Waals surface area contributed by atoms with Crippen LogP contribution in [0.15, 0.2) is 30.5 Å². The number of nitrogens with one attached hydrogen (secondary N) is 1. The molecule has 0 aliphatic rings. The maximum absolute atomic E-state index is 11.9. The van der Waals surface area contributed by atoms with Gasteiger partial charge in [0.25, 0.3) is 5.69 Å². The first-order chi connectivity index (χ1) is 10.0. The number of anilines is 1. The molecule has 8 heteroatoms. The van der Waals surface area contributed by atoms with Gasteiger partial charge in [-0.3, -0.25) is 19.6 Å². The smallest absolute Gasteiger partial charge is 0.296 e. The van der Waals surface area contributed by atoms with Crippen molar-refractivity contribution in [2.24, 2.45) is 0 Å². The first-order valence-corrected chi connectivity index (χ1v) is 6.12. The number of carbonyl (C=O) groups is 1. The van der Waals surface area contributed by atoms with E-state index in [0.717, 1.165) is 5.69 Å². The minimum atomic E-state index is -0.572. The molecule has 2 aromatic rings. The van der Waals surface area contributed by atoms with Gasteiger partial charge in [-0.25, -0.2) is 0 Å². The van der Waals surface area contributed by atoms with Crippen molar-refractivity contribution in [1.82, 2.24) is 9.78 Å². The van der Waals surface area contributed by atoms with E-state index < -0.39 is 10.8 Å². The molecular formula is C13H14N4O4. The van der Waals surface area contributed by atoms with Crippen molar-refractivity contribution in [2.45, 2.75) is 13.5 Å². The molecule has 0 aliphatic heterocycles. The summed E-state index contributed by atoms with van der Waals surface area (Å²) in [5.41, 5.74) is 0.727. The van der Waals surface area contributed by atoms with Gasteiger partial charge < -0.3 is 10.1 Å². The Bertz CT molecular complexity index is 681. The van der Waals surface area contributed by atoms with Crippen LogP contribution in [0.2, 0.25) is 0 Å². The molecule has 1 amide bonds. The van der Waals surface area contributed by atoms with Crippen LogP contribution in [0.4, 0.5) is 11.4 Å². The highest BCUT2D eigenvalue weighted by Gasteiger charge is 2.17. The van der Waals surface area contributed by atoms with E-state index in [4.69, 9.17) is 4.74 Å². The number of benzene rings is 1. The number of aryl methyl sites for hydroxylation is 1. The molecule has 2 rings (SSSR count). The number of nitro groups is 1. The van der Waals surface area contributed by atoms with Crippen LogP contribution in [0, 0.1) is 17.0 Å². The van der Waals surface area contributed by atoms with Gasteiger partial charge in [-0.15, -0.1) is 0 Å². The van der Waals surface area contributed by atoms with Gasteiger partial charge in [0.15, 0.2) is 0 Å². The fourth-order valence-electron chi connectivity index (χ4n) is 1.79. The molecule has 21 heavy (non-hydrogen) atoms. The third-order valence-corrected chi connectivity index (χ3v) is 2.90. The summed E-state index contributed by atoms with van der Waals surface area (Å²) in [5.74, 6) is -0.0438. The predicted octanol–water partition coefficient (Wildman–Crippen LogP) is 1.75. The average molecular weight is 290 g/mol. The van der Waals surface area contributed by atoms with E-state index in [1.54, 1.807) is 18.3 Å². The fraction of sp³-hybridized carbons (Fsp3) is 0.231. The van der Waals surface area contributed by atoms with E-state index in [1.165, 1.54) is 23.9 Å². The molecule has 0 saturated carbocycles. The first-order valence-electron chi connectivity index (χ1n) is 6.12. The monoisotopic (exact) mass is 290 g/mol. The molecule has 0 saturated heterocycles. The third kappa shape index (κ3) is 3.35. The van der Waals surface area contributed by atoms with Crippen LogP contribution >= 0.6 is 0 Å². The summed E-state index contributed by atoms with van der Waals surface area (Å²) in [5, 5.41) is 17.5. The van der Waals surface area contributed by atoms with Gasteiger partial charge in [0.05, 0.1) is 18.1 Å². The Morgan fingerprint density at radius 2 is 2.24 bits per heavy atom. The van der Waals surface area contributed by atoms with Crippen LogP contribution in [-0.2, 0) is 11.3 Å². The predicted molar refractivity (Wildman–Crippen MR) is 75.2 cm³/mol. The van der Waals surface area contributed by atoms with Crippen molar-refractivity contribution >= 4 is 17.3 Å². The van der Waals surface area contributed by atoms with Gasteiger partial charge in [-0.05, 0) is 25.1 Å². The number of methoxy groups -OCH3 is 1. The minimum absolute atomic E-state index is 0.0119. The molecule has 1 N–H and O–H groups in total. The highest BCUT2D eigenvalue weighted by atomic mass is 16.6. The Morgan fingerprint density at radius 3 is 2.81 bits per heavy atom. The van der Waals surface area contributed by atoms with Crippen LogP contribution < -0.4 is 10.1 Å². The van der Waals surface area contributed by atoms with Crippen LogP contribution in [0.5, 0.6) is 5.75 Å². The number of hydrogen-bond acceptors (Lipinski definition) is 5. The van der Waals surface area contributed by atoms with Gasteiger partial charge in [-0.1, -0.05) is 0 Å².